The molecule has 16 heavy (non-hydrogen) atoms. The third-order valence-electron chi connectivity index (χ3n) is 2.41. The molecule has 1 saturated carbocycles. The molecule has 92 valence electrons. The zero-order chi connectivity index (χ0) is 12.2. The lowest BCUT2D eigenvalue weighted by Crippen LogP contribution is -2.35. The van der Waals surface area contributed by atoms with Gasteiger partial charge < -0.3 is 5.11 Å². The van der Waals surface area contributed by atoms with Gasteiger partial charge in [0.15, 0.2) is 0 Å². The van der Waals surface area contributed by atoms with Gasteiger partial charge in [-0.15, -0.1) is 6.58 Å². The quantitative estimate of drug-likeness (QED) is 0.645. The third kappa shape index (κ3) is 3.94. The summed E-state index contributed by atoms with van der Waals surface area (Å²) >= 11 is 0. The Bertz CT molecular complexity index is 359. The first kappa shape index (κ1) is 13.2. The Morgan fingerprint density at radius 2 is 2.12 bits per heavy atom. The third-order valence-corrected chi connectivity index (χ3v) is 4.38. The first-order chi connectivity index (χ1) is 7.47. The van der Waals surface area contributed by atoms with Gasteiger partial charge in [-0.25, -0.2) is 8.42 Å². The van der Waals surface area contributed by atoms with Gasteiger partial charge in [-0.05, 0) is 19.3 Å². The number of sulfonamides is 1. The van der Waals surface area contributed by atoms with Crippen molar-refractivity contribution >= 4 is 16.0 Å². The second-order valence-electron chi connectivity index (χ2n) is 3.90. The molecule has 1 rings (SSSR count). The lowest BCUT2D eigenvalue weighted by molar-refractivity contribution is -0.137. The van der Waals surface area contributed by atoms with Gasteiger partial charge in [-0.3, -0.25) is 4.79 Å². The molecule has 0 amide bonds. The van der Waals surface area contributed by atoms with Crippen LogP contribution in [0.5, 0.6) is 0 Å². The second kappa shape index (κ2) is 5.45. The summed E-state index contributed by atoms with van der Waals surface area (Å²) in [6, 6.07) is 0.104. The van der Waals surface area contributed by atoms with Gasteiger partial charge >= 0.3 is 5.97 Å². The number of carboxylic acids is 1. The molecule has 0 bridgehead atoms. The summed E-state index contributed by atoms with van der Waals surface area (Å²) in [5, 5.41) is 8.45. The number of hydrogen-bond acceptors (Lipinski definition) is 3. The highest BCUT2D eigenvalue weighted by molar-refractivity contribution is 7.89. The molecule has 0 spiro atoms. The molecule has 0 radical (unpaired) electrons. The molecule has 1 aliphatic carbocycles. The highest BCUT2D eigenvalue weighted by Gasteiger charge is 2.35. The topological polar surface area (TPSA) is 74.7 Å². The van der Waals surface area contributed by atoms with E-state index >= 15 is 0 Å². The summed E-state index contributed by atoms with van der Waals surface area (Å²) < 4.78 is 25.2. The first-order valence-electron chi connectivity index (χ1n) is 5.29. The minimum atomic E-state index is -3.32. The zero-order valence-electron chi connectivity index (χ0n) is 9.13. The normalized spacial score (nSPS) is 16.3. The molecular weight excluding hydrogens is 230 g/mol. The van der Waals surface area contributed by atoms with Crippen molar-refractivity contribution in [1.82, 2.24) is 4.31 Å². The molecule has 1 N–H and O–H groups in total. The van der Waals surface area contributed by atoms with Crippen LogP contribution in [0.15, 0.2) is 12.7 Å². The molecule has 0 saturated heterocycles. The molecule has 5 nitrogen and oxygen atoms in total. The summed E-state index contributed by atoms with van der Waals surface area (Å²) in [4.78, 5) is 10.3. The van der Waals surface area contributed by atoms with E-state index in [4.69, 9.17) is 5.11 Å². The fraction of sp³-hybridized carbons (Fsp3) is 0.700. The molecule has 0 unspecified atom stereocenters. The fourth-order valence-corrected chi connectivity index (χ4v) is 3.24. The van der Waals surface area contributed by atoms with Gasteiger partial charge in [-0.2, -0.15) is 4.31 Å². The second-order valence-corrected chi connectivity index (χ2v) is 5.94. The molecule has 0 aromatic heterocycles. The number of hydrogen-bond donors (Lipinski definition) is 1. The number of carboxylic acid groups (broad SMARTS) is 1. The van der Waals surface area contributed by atoms with Crippen molar-refractivity contribution < 1.29 is 18.3 Å². The van der Waals surface area contributed by atoms with Gasteiger partial charge in [0.05, 0.1) is 5.75 Å². The van der Waals surface area contributed by atoms with Crippen molar-refractivity contribution in [2.75, 3.05) is 12.3 Å². The summed E-state index contributed by atoms with van der Waals surface area (Å²) in [6.07, 6.45) is 3.41. The van der Waals surface area contributed by atoms with Gasteiger partial charge in [0.2, 0.25) is 10.0 Å². The zero-order valence-corrected chi connectivity index (χ0v) is 9.95. The number of aliphatic carboxylic acids is 1. The SMILES string of the molecule is C=CCN(C1CC1)S(=O)(=O)CCCC(=O)O. The Morgan fingerprint density at radius 3 is 2.56 bits per heavy atom. The monoisotopic (exact) mass is 247 g/mol. The van der Waals surface area contributed by atoms with E-state index in [0.29, 0.717) is 6.54 Å². The maximum absolute atomic E-state index is 11.9. The van der Waals surface area contributed by atoms with E-state index in [1.165, 1.54) is 4.31 Å². The Morgan fingerprint density at radius 1 is 1.50 bits per heavy atom. The predicted octanol–water partition coefficient (Wildman–Crippen LogP) is 0.831. The van der Waals surface area contributed by atoms with Crippen LogP contribution in [-0.2, 0) is 14.8 Å². The standard InChI is InChI=1S/C10H17NO4S/c1-2-7-11(9-5-6-9)16(14,15)8-3-4-10(12)13/h2,9H,1,3-8H2,(H,12,13). The van der Waals surface area contributed by atoms with Crippen LogP contribution < -0.4 is 0 Å². The van der Waals surface area contributed by atoms with Crippen LogP contribution in [0.3, 0.4) is 0 Å². The van der Waals surface area contributed by atoms with Crippen LogP contribution in [0.25, 0.3) is 0 Å². The molecule has 1 aliphatic rings. The molecule has 0 atom stereocenters. The molecule has 0 aromatic rings. The van der Waals surface area contributed by atoms with Crippen molar-refractivity contribution in [3.8, 4) is 0 Å². The Hall–Kier alpha value is -0.880. The van der Waals surface area contributed by atoms with Crippen molar-refractivity contribution in [3.63, 3.8) is 0 Å². The minimum absolute atomic E-state index is 0.0936. The van der Waals surface area contributed by atoms with Gasteiger partial charge in [0.25, 0.3) is 0 Å². The molecule has 0 aromatic carbocycles. The molecule has 0 heterocycles. The van der Waals surface area contributed by atoms with E-state index in [-0.39, 0.29) is 24.6 Å². The van der Waals surface area contributed by atoms with Crippen LogP contribution in [-0.4, -0.2) is 42.1 Å². The van der Waals surface area contributed by atoms with E-state index in [2.05, 4.69) is 6.58 Å². The summed E-state index contributed by atoms with van der Waals surface area (Å²) in [6.45, 7) is 3.85. The Labute approximate surface area is 95.8 Å². The van der Waals surface area contributed by atoms with Gasteiger partial charge in [0, 0.05) is 19.0 Å². The highest BCUT2D eigenvalue weighted by Crippen LogP contribution is 2.29. The fourth-order valence-electron chi connectivity index (χ4n) is 1.50. The van der Waals surface area contributed by atoms with Crippen LogP contribution >= 0.6 is 0 Å². The van der Waals surface area contributed by atoms with Crippen LogP contribution in [0.1, 0.15) is 25.7 Å². The van der Waals surface area contributed by atoms with Crippen LogP contribution in [0.4, 0.5) is 0 Å². The largest absolute Gasteiger partial charge is 0.481 e. The molecule has 1 fully saturated rings. The maximum Gasteiger partial charge on any atom is 0.303 e. The van der Waals surface area contributed by atoms with Crippen molar-refractivity contribution in [1.29, 1.82) is 0 Å². The van der Waals surface area contributed by atoms with Crippen molar-refractivity contribution in [2.45, 2.75) is 31.7 Å². The highest BCUT2D eigenvalue weighted by atomic mass is 32.2. The lowest BCUT2D eigenvalue weighted by Gasteiger charge is -2.19. The minimum Gasteiger partial charge on any atom is -0.481 e. The number of nitrogens with zero attached hydrogens (tertiary/aromatic N) is 1. The maximum atomic E-state index is 11.9. The smallest absolute Gasteiger partial charge is 0.303 e. The summed E-state index contributed by atoms with van der Waals surface area (Å²) in [7, 11) is -3.32. The van der Waals surface area contributed by atoms with Crippen LogP contribution in [0, 0.1) is 0 Å². The van der Waals surface area contributed by atoms with E-state index in [1.54, 1.807) is 6.08 Å². The van der Waals surface area contributed by atoms with Crippen molar-refractivity contribution in [3.05, 3.63) is 12.7 Å². The predicted molar refractivity (Wildman–Crippen MR) is 60.6 cm³/mol. The van der Waals surface area contributed by atoms with Crippen LogP contribution in [0.2, 0.25) is 0 Å². The Balaban J connectivity index is 2.52. The summed E-state index contributed by atoms with van der Waals surface area (Å²) in [5.74, 6) is -1.05. The van der Waals surface area contributed by atoms with Gasteiger partial charge in [0.1, 0.15) is 0 Å². The van der Waals surface area contributed by atoms with E-state index in [0.717, 1.165) is 12.8 Å². The lowest BCUT2D eigenvalue weighted by atomic mass is 10.3. The first-order valence-corrected chi connectivity index (χ1v) is 6.90. The van der Waals surface area contributed by atoms with Crippen molar-refractivity contribution in [2.24, 2.45) is 0 Å². The Kier molecular flexibility index (Phi) is 4.49. The van der Waals surface area contributed by atoms with Gasteiger partial charge in [-0.1, -0.05) is 6.08 Å². The number of rotatable bonds is 8. The van der Waals surface area contributed by atoms with E-state index in [9.17, 15) is 13.2 Å². The molecule has 6 heteroatoms. The summed E-state index contributed by atoms with van der Waals surface area (Å²) in [5.41, 5.74) is 0. The average molecular weight is 247 g/mol. The molecular formula is C10H17NO4S. The molecule has 0 aliphatic heterocycles. The average Bonchev–Trinajstić information content (AvgIpc) is 2.96. The van der Waals surface area contributed by atoms with E-state index in [1.807, 2.05) is 0 Å². The van der Waals surface area contributed by atoms with E-state index < -0.39 is 16.0 Å². The number of carbonyl (C=O) groups is 1.